The van der Waals surface area contributed by atoms with Gasteiger partial charge in [-0.1, -0.05) is 12.1 Å². The smallest absolute Gasteiger partial charge is 0.333 e. The van der Waals surface area contributed by atoms with E-state index in [4.69, 9.17) is 14.2 Å². The van der Waals surface area contributed by atoms with Gasteiger partial charge in [0.05, 0.1) is 17.8 Å². The molecule has 0 radical (unpaired) electrons. The Hall–Kier alpha value is -2.64. The van der Waals surface area contributed by atoms with Crippen LogP contribution in [0, 0.1) is 0 Å². The van der Waals surface area contributed by atoms with E-state index in [1.165, 1.54) is 18.7 Å². The number of rotatable bonds is 8. The molecule has 0 saturated heterocycles. The van der Waals surface area contributed by atoms with Gasteiger partial charge in [-0.15, -0.1) is 0 Å². The van der Waals surface area contributed by atoms with E-state index in [9.17, 15) is 13.2 Å². The maximum Gasteiger partial charge on any atom is 0.333 e. The van der Waals surface area contributed by atoms with Gasteiger partial charge in [-0.2, -0.15) is 0 Å². The molecule has 0 spiro atoms. The predicted molar refractivity (Wildman–Crippen MR) is 114 cm³/mol. The third-order valence-electron chi connectivity index (χ3n) is 4.85. The van der Waals surface area contributed by atoms with Crippen molar-refractivity contribution in [2.75, 3.05) is 26.1 Å². The fourth-order valence-electron chi connectivity index (χ4n) is 3.28. The lowest BCUT2D eigenvalue weighted by Gasteiger charge is -2.10. The van der Waals surface area contributed by atoms with Crippen LogP contribution in [0.2, 0.25) is 0 Å². The van der Waals surface area contributed by atoms with Crippen molar-refractivity contribution in [1.29, 1.82) is 0 Å². The second-order valence-electron chi connectivity index (χ2n) is 6.98. The first kappa shape index (κ1) is 22.1. The summed E-state index contributed by atoms with van der Waals surface area (Å²) in [5, 5.41) is 0. The first-order valence-electron chi connectivity index (χ1n) is 9.93. The van der Waals surface area contributed by atoms with E-state index >= 15 is 0 Å². The Balaban J connectivity index is 1.78. The van der Waals surface area contributed by atoms with Crippen LogP contribution in [0.25, 0.3) is 6.08 Å². The van der Waals surface area contributed by atoms with Gasteiger partial charge < -0.3 is 14.2 Å². The molecular formula is C23H26O6S. The molecule has 0 N–H and O–H groups in total. The van der Waals surface area contributed by atoms with E-state index in [2.05, 4.69) is 0 Å². The SMILES string of the molecule is CCOCCCc1ccc(Oc2ccc3c(c2)C=C(C(=O)OC)CCS3(=O)=O)cc1. The Kier molecular flexibility index (Phi) is 7.29. The molecule has 2 aromatic carbocycles. The number of sulfone groups is 1. The molecule has 0 bridgehead atoms. The van der Waals surface area contributed by atoms with Crippen LogP contribution in [0.3, 0.4) is 0 Å². The lowest BCUT2D eigenvalue weighted by molar-refractivity contribution is -0.136. The minimum Gasteiger partial charge on any atom is -0.466 e. The zero-order valence-electron chi connectivity index (χ0n) is 17.2. The van der Waals surface area contributed by atoms with Crippen LogP contribution in [0.1, 0.15) is 30.9 Å². The molecule has 1 heterocycles. The van der Waals surface area contributed by atoms with Crippen LogP contribution in [0.4, 0.5) is 0 Å². The fraction of sp³-hybridized carbons (Fsp3) is 0.348. The maximum atomic E-state index is 12.5. The van der Waals surface area contributed by atoms with Crippen molar-refractivity contribution in [3.63, 3.8) is 0 Å². The second-order valence-corrected chi connectivity index (χ2v) is 9.05. The van der Waals surface area contributed by atoms with Crippen molar-refractivity contribution in [1.82, 2.24) is 0 Å². The number of fused-ring (bicyclic) bond motifs is 1. The zero-order chi connectivity index (χ0) is 21.6. The summed E-state index contributed by atoms with van der Waals surface area (Å²) < 4.78 is 41.1. The zero-order valence-corrected chi connectivity index (χ0v) is 18.0. The number of hydrogen-bond donors (Lipinski definition) is 0. The fourth-order valence-corrected chi connectivity index (χ4v) is 4.74. The van der Waals surface area contributed by atoms with Crippen molar-refractivity contribution >= 4 is 21.9 Å². The number of methoxy groups -OCH3 is 1. The van der Waals surface area contributed by atoms with Crippen molar-refractivity contribution in [3.05, 3.63) is 59.2 Å². The van der Waals surface area contributed by atoms with Crippen molar-refractivity contribution < 1.29 is 27.4 Å². The van der Waals surface area contributed by atoms with Gasteiger partial charge >= 0.3 is 5.97 Å². The molecule has 0 amide bonds. The standard InChI is InChI=1S/C23H26O6S/c1-3-28-13-4-5-17-6-8-20(9-7-17)29-21-10-11-22-19(16-21)15-18(23(24)27-2)12-14-30(22,25)26/h6-11,15-16H,3-5,12-14H2,1-2H3. The largest absolute Gasteiger partial charge is 0.466 e. The van der Waals surface area contributed by atoms with Crippen LogP contribution < -0.4 is 4.74 Å². The monoisotopic (exact) mass is 430 g/mol. The third-order valence-corrected chi connectivity index (χ3v) is 6.63. The summed E-state index contributed by atoms with van der Waals surface area (Å²) in [5.41, 5.74) is 1.95. The molecule has 3 rings (SSSR count). The number of esters is 1. The number of hydrogen-bond acceptors (Lipinski definition) is 6. The minimum atomic E-state index is -3.49. The molecule has 7 heteroatoms. The van der Waals surface area contributed by atoms with Gasteiger partial charge in [0.2, 0.25) is 0 Å². The van der Waals surface area contributed by atoms with Gasteiger partial charge in [0.1, 0.15) is 11.5 Å². The average Bonchev–Trinajstić information content (AvgIpc) is 2.87. The number of benzene rings is 2. The Labute approximate surface area is 177 Å². The lowest BCUT2D eigenvalue weighted by Crippen LogP contribution is -2.09. The van der Waals surface area contributed by atoms with E-state index in [1.54, 1.807) is 18.2 Å². The average molecular weight is 431 g/mol. The highest BCUT2D eigenvalue weighted by atomic mass is 32.2. The molecule has 6 nitrogen and oxygen atoms in total. The van der Waals surface area contributed by atoms with Crippen molar-refractivity contribution in [3.8, 4) is 11.5 Å². The number of carbonyl (C=O) groups is 1. The molecule has 160 valence electrons. The quantitative estimate of drug-likeness (QED) is 0.462. The predicted octanol–water partition coefficient (Wildman–Crippen LogP) is 4.18. The summed E-state index contributed by atoms with van der Waals surface area (Å²) in [4.78, 5) is 12.1. The van der Waals surface area contributed by atoms with E-state index in [0.717, 1.165) is 26.1 Å². The summed E-state index contributed by atoms with van der Waals surface area (Å²) in [6.45, 7) is 3.45. The van der Waals surface area contributed by atoms with Crippen LogP contribution in [0.15, 0.2) is 52.9 Å². The van der Waals surface area contributed by atoms with E-state index in [1.807, 2.05) is 31.2 Å². The molecule has 1 aliphatic heterocycles. The van der Waals surface area contributed by atoms with Gasteiger partial charge in [0, 0.05) is 18.8 Å². The highest BCUT2D eigenvalue weighted by molar-refractivity contribution is 7.91. The lowest BCUT2D eigenvalue weighted by atomic mass is 10.1. The van der Waals surface area contributed by atoms with E-state index in [-0.39, 0.29) is 17.1 Å². The molecular weight excluding hydrogens is 404 g/mol. The Bertz CT molecular complexity index is 1020. The molecule has 1 aliphatic rings. The van der Waals surface area contributed by atoms with Gasteiger partial charge in [0.15, 0.2) is 9.84 Å². The van der Waals surface area contributed by atoms with Gasteiger partial charge in [-0.25, -0.2) is 13.2 Å². The Morgan fingerprint density at radius 2 is 1.80 bits per heavy atom. The molecule has 30 heavy (non-hydrogen) atoms. The highest BCUT2D eigenvalue weighted by Gasteiger charge is 2.25. The first-order chi connectivity index (χ1) is 14.4. The Morgan fingerprint density at radius 1 is 1.07 bits per heavy atom. The topological polar surface area (TPSA) is 78.9 Å². The summed E-state index contributed by atoms with van der Waals surface area (Å²) in [6, 6.07) is 12.6. The Morgan fingerprint density at radius 3 is 2.50 bits per heavy atom. The first-order valence-corrected chi connectivity index (χ1v) is 11.6. The van der Waals surface area contributed by atoms with Crippen molar-refractivity contribution in [2.24, 2.45) is 0 Å². The van der Waals surface area contributed by atoms with E-state index in [0.29, 0.717) is 22.6 Å². The highest BCUT2D eigenvalue weighted by Crippen LogP contribution is 2.31. The molecule has 2 aromatic rings. The second kappa shape index (κ2) is 9.91. The molecule has 0 atom stereocenters. The molecule has 0 aromatic heterocycles. The van der Waals surface area contributed by atoms with Crippen LogP contribution >= 0.6 is 0 Å². The van der Waals surface area contributed by atoms with Gasteiger partial charge in [0.25, 0.3) is 0 Å². The van der Waals surface area contributed by atoms with Crippen LogP contribution in [-0.4, -0.2) is 40.5 Å². The summed E-state index contributed by atoms with van der Waals surface area (Å²) in [6.07, 6.45) is 3.57. The minimum absolute atomic E-state index is 0.116. The normalized spacial score (nSPS) is 14.9. The van der Waals surface area contributed by atoms with Crippen molar-refractivity contribution in [2.45, 2.75) is 31.1 Å². The van der Waals surface area contributed by atoms with Gasteiger partial charge in [-0.3, -0.25) is 0 Å². The van der Waals surface area contributed by atoms with Crippen LogP contribution in [0.5, 0.6) is 11.5 Å². The maximum absolute atomic E-state index is 12.5. The number of carbonyl (C=O) groups excluding carboxylic acids is 1. The van der Waals surface area contributed by atoms with Crippen LogP contribution in [-0.2, 0) is 30.5 Å². The molecule has 0 unspecified atom stereocenters. The summed E-state index contributed by atoms with van der Waals surface area (Å²) >= 11 is 0. The molecule has 0 fully saturated rings. The third kappa shape index (κ3) is 5.49. The number of aryl methyl sites for hydroxylation is 1. The van der Waals surface area contributed by atoms with E-state index < -0.39 is 15.8 Å². The summed E-state index contributed by atoms with van der Waals surface area (Å²) in [5.74, 6) is 0.489. The van der Waals surface area contributed by atoms with Gasteiger partial charge in [-0.05, 0) is 73.7 Å². The number of ether oxygens (including phenoxy) is 3. The molecule has 0 aliphatic carbocycles. The molecule has 0 saturated carbocycles. The summed E-state index contributed by atoms with van der Waals surface area (Å²) in [7, 11) is -2.21.